The Morgan fingerprint density at radius 3 is 2.06 bits per heavy atom. The molecular formula is C13H22NP2. The first-order valence-corrected chi connectivity index (χ1v) is 9.07. The van der Waals surface area contributed by atoms with E-state index in [1.807, 2.05) is 0 Å². The third-order valence-electron chi connectivity index (χ3n) is 3.96. The summed E-state index contributed by atoms with van der Waals surface area (Å²) < 4.78 is 0. The molecule has 1 fully saturated rings. The van der Waals surface area contributed by atoms with Gasteiger partial charge in [-0.15, -0.1) is 0 Å². The Labute approximate surface area is 103 Å². The van der Waals surface area contributed by atoms with E-state index in [2.05, 4.69) is 18.2 Å². The van der Waals surface area contributed by atoms with E-state index in [1.54, 1.807) is 5.31 Å². The van der Waals surface area contributed by atoms with Crippen molar-refractivity contribution in [1.82, 2.24) is 5.09 Å². The Morgan fingerprint density at radius 1 is 1.00 bits per heavy atom. The van der Waals surface area contributed by atoms with Crippen molar-refractivity contribution in [2.75, 3.05) is 0 Å². The third-order valence-corrected chi connectivity index (χ3v) is 6.36. The van der Waals surface area contributed by atoms with Crippen molar-refractivity contribution < 1.29 is 0 Å². The van der Waals surface area contributed by atoms with Crippen LogP contribution in [0.2, 0.25) is 0 Å². The first-order valence-electron chi connectivity index (χ1n) is 6.63. The lowest BCUT2D eigenvalue weighted by atomic mass is 9.78. The molecule has 0 atom stereocenters. The van der Waals surface area contributed by atoms with Gasteiger partial charge in [-0.05, 0) is 26.1 Å². The van der Waals surface area contributed by atoms with Gasteiger partial charge >= 0.3 is 0 Å². The predicted molar refractivity (Wildman–Crippen MR) is 73.7 cm³/mol. The van der Waals surface area contributed by atoms with Gasteiger partial charge < -0.3 is 0 Å². The Kier molecular flexibility index (Phi) is 4.86. The second-order valence-electron chi connectivity index (χ2n) is 5.35. The molecule has 0 aromatic carbocycles. The first-order chi connectivity index (χ1) is 7.81. The molecule has 1 aliphatic heterocycles. The number of rotatable bonds is 1. The van der Waals surface area contributed by atoms with Crippen LogP contribution in [0.1, 0.15) is 64.7 Å². The van der Waals surface area contributed by atoms with Crippen LogP contribution in [-0.4, -0.2) is 0 Å². The zero-order chi connectivity index (χ0) is 11.3. The highest BCUT2D eigenvalue weighted by Gasteiger charge is 2.29. The number of allylic oxidation sites excluding steroid dienone is 1. The molecule has 2 rings (SSSR count). The fourth-order valence-corrected chi connectivity index (χ4v) is 5.21. The van der Waals surface area contributed by atoms with Gasteiger partial charge in [-0.1, -0.05) is 51.9 Å². The fraction of sp³-hybridized carbons (Fsp3) is 0.846. The molecular weight excluding hydrogens is 232 g/mol. The molecule has 1 saturated carbocycles. The second-order valence-corrected chi connectivity index (χ2v) is 7.58. The molecule has 3 heteroatoms. The van der Waals surface area contributed by atoms with Gasteiger partial charge in [0, 0.05) is 11.5 Å². The minimum atomic E-state index is 0.464. The van der Waals surface area contributed by atoms with Crippen LogP contribution in [0.3, 0.4) is 0 Å². The van der Waals surface area contributed by atoms with Crippen LogP contribution in [-0.2, 0) is 0 Å². The minimum Gasteiger partial charge on any atom is -0.230 e. The van der Waals surface area contributed by atoms with Crippen molar-refractivity contribution in [3.05, 3.63) is 11.5 Å². The number of hydrogen-bond donors (Lipinski definition) is 0. The average molecular weight is 254 g/mol. The number of nitrogens with zero attached hydrogens (tertiary/aromatic N) is 1. The molecule has 1 radical (unpaired) electrons. The summed E-state index contributed by atoms with van der Waals surface area (Å²) in [4.78, 5) is 0. The largest absolute Gasteiger partial charge is 0.230 e. The van der Waals surface area contributed by atoms with Crippen molar-refractivity contribution in [3.63, 3.8) is 0 Å². The Bertz CT molecular complexity index is 274. The highest BCUT2D eigenvalue weighted by Crippen LogP contribution is 2.48. The molecule has 0 spiro atoms. The van der Waals surface area contributed by atoms with Crippen LogP contribution in [0.5, 0.6) is 0 Å². The first kappa shape index (κ1) is 12.6. The van der Waals surface area contributed by atoms with E-state index < -0.39 is 0 Å². The zero-order valence-corrected chi connectivity index (χ0v) is 12.1. The topological polar surface area (TPSA) is 14.1 Å². The Morgan fingerprint density at radius 2 is 1.56 bits per heavy atom. The van der Waals surface area contributed by atoms with E-state index in [-0.39, 0.29) is 0 Å². The summed E-state index contributed by atoms with van der Waals surface area (Å²) in [5.41, 5.74) is 0.464. The van der Waals surface area contributed by atoms with Gasteiger partial charge in [-0.3, -0.25) is 0 Å². The molecule has 89 valence electrons. The molecule has 0 unspecified atom stereocenters. The van der Waals surface area contributed by atoms with Crippen LogP contribution < -0.4 is 5.09 Å². The second kappa shape index (κ2) is 6.18. The molecule has 1 aliphatic carbocycles. The predicted octanol–water partition coefficient (Wildman–Crippen LogP) is 5.70. The van der Waals surface area contributed by atoms with E-state index in [1.165, 1.54) is 73.7 Å². The molecule has 0 aromatic heterocycles. The molecule has 0 saturated heterocycles. The van der Waals surface area contributed by atoms with Gasteiger partial charge in [-0.2, -0.15) is 0 Å². The summed E-state index contributed by atoms with van der Waals surface area (Å²) >= 11 is 0. The van der Waals surface area contributed by atoms with Crippen LogP contribution in [0.25, 0.3) is 0 Å². The van der Waals surface area contributed by atoms with E-state index in [0.29, 0.717) is 5.41 Å². The van der Waals surface area contributed by atoms with E-state index in [9.17, 15) is 0 Å². The van der Waals surface area contributed by atoms with Crippen molar-refractivity contribution in [2.24, 2.45) is 5.41 Å². The van der Waals surface area contributed by atoms with Crippen molar-refractivity contribution in [1.29, 1.82) is 0 Å². The van der Waals surface area contributed by atoms with E-state index >= 15 is 0 Å². The summed E-state index contributed by atoms with van der Waals surface area (Å²) in [5.74, 6) is 0. The van der Waals surface area contributed by atoms with Gasteiger partial charge in [0.25, 0.3) is 0 Å². The van der Waals surface area contributed by atoms with Gasteiger partial charge in [-0.25, -0.2) is 5.09 Å². The highest BCUT2D eigenvalue weighted by molar-refractivity contribution is 7.85. The highest BCUT2D eigenvalue weighted by atomic mass is 31.7. The molecule has 0 N–H and O–H groups in total. The average Bonchev–Trinajstić information content (AvgIpc) is 2.81. The minimum absolute atomic E-state index is 0.464. The zero-order valence-electron chi connectivity index (χ0n) is 10.3. The summed E-state index contributed by atoms with van der Waals surface area (Å²) in [6.45, 7) is 2.48. The van der Waals surface area contributed by atoms with Crippen LogP contribution in [0.4, 0.5) is 0 Å². The molecule has 0 amide bonds. The number of hydrogen-bond acceptors (Lipinski definition) is 0. The van der Waals surface area contributed by atoms with Crippen molar-refractivity contribution in [2.45, 2.75) is 64.7 Å². The standard InChI is InChI=1S/C13H22NP2/c1-13(12-11-14-16-15-12)9-7-5-3-2-4-6-8-10-13/h11H,2-10H2,1H3. The lowest BCUT2D eigenvalue weighted by Gasteiger charge is -2.30. The molecule has 2 aliphatic rings. The lowest BCUT2D eigenvalue weighted by Crippen LogP contribution is -2.17. The van der Waals surface area contributed by atoms with Gasteiger partial charge in [0.2, 0.25) is 0 Å². The summed E-state index contributed by atoms with van der Waals surface area (Å²) in [5, 5.41) is 5.99. The summed E-state index contributed by atoms with van der Waals surface area (Å²) in [7, 11) is 2.70. The molecule has 16 heavy (non-hydrogen) atoms. The summed E-state index contributed by atoms with van der Waals surface area (Å²) in [6, 6.07) is 0. The van der Waals surface area contributed by atoms with Crippen molar-refractivity contribution >= 4 is 15.9 Å². The van der Waals surface area contributed by atoms with Gasteiger partial charge in [0.05, 0.1) is 8.02 Å². The third kappa shape index (κ3) is 3.31. The molecule has 0 bridgehead atoms. The molecule has 1 nitrogen and oxygen atoms in total. The van der Waals surface area contributed by atoms with Crippen LogP contribution >= 0.6 is 15.9 Å². The van der Waals surface area contributed by atoms with Crippen LogP contribution in [0.15, 0.2) is 11.5 Å². The molecule has 0 aromatic rings. The van der Waals surface area contributed by atoms with Gasteiger partial charge in [0.1, 0.15) is 0 Å². The normalized spacial score (nSPS) is 27.9. The Hall–Kier alpha value is 0.140. The smallest absolute Gasteiger partial charge is 0.0696 e. The van der Waals surface area contributed by atoms with Crippen molar-refractivity contribution in [3.8, 4) is 0 Å². The van der Waals surface area contributed by atoms with Crippen LogP contribution in [0, 0.1) is 5.41 Å². The fourth-order valence-electron chi connectivity index (χ4n) is 2.75. The van der Waals surface area contributed by atoms with E-state index in [4.69, 9.17) is 0 Å². The summed E-state index contributed by atoms with van der Waals surface area (Å²) in [6.07, 6.45) is 15.0. The maximum atomic E-state index is 4.38. The van der Waals surface area contributed by atoms with Gasteiger partial charge in [0.15, 0.2) is 0 Å². The maximum Gasteiger partial charge on any atom is 0.0696 e. The van der Waals surface area contributed by atoms with E-state index in [0.717, 1.165) is 0 Å². The quantitative estimate of drug-likeness (QED) is 0.533. The lowest BCUT2D eigenvalue weighted by molar-refractivity contribution is 0.312. The molecule has 1 heterocycles. The monoisotopic (exact) mass is 254 g/mol. The maximum absolute atomic E-state index is 4.38. The Balaban J connectivity index is 2.00. The SMILES string of the molecule is CC1(C2=C[N]P=P2)CCCCCCCCC1.